The van der Waals surface area contributed by atoms with Crippen molar-refractivity contribution in [3.8, 4) is 0 Å². The van der Waals surface area contributed by atoms with Gasteiger partial charge >= 0.3 is 0 Å². The molecule has 0 fully saturated rings. The topological polar surface area (TPSA) is 59.9 Å². The van der Waals surface area contributed by atoms with Gasteiger partial charge in [0.2, 0.25) is 0 Å². The first-order chi connectivity index (χ1) is 6.42. The summed E-state index contributed by atoms with van der Waals surface area (Å²) in [6, 6.07) is 1.74. The Bertz CT molecular complexity index is 413. The highest BCUT2D eigenvalue weighted by molar-refractivity contribution is 7.91. The quantitative estimate of drug-likeness (QED) is 0.756. The maximum absolute atomic E-state index is 11.5. The van der Waals surface area contributed by atoms with E-state index in [0.29, 0.717) is 5.82 Å². The molecule has 0 unspecified atom stereocenters. The van der Waals surface area contributed by atoms with Crippen LogP contribution in [0.5, 0.6) is 0 Å². The molecule has 4 nitrogen and oxygen atoms in total. The van der Waals surface area contributed by atoms with Gasteiger partial charge in [0.15, 0.2) is 9.84 Å². The molecule has 0 aromatic carbocycles. The van der Waals surface area contributed by atoms with Crippen LogP contribution in [-0.2, 0) is 15.6 Å². The number of nitrogens with zero attached hydrogens (tertiary/aromatic N) is 2. The van der Waals surface area contributed by atoms with Crippen molar-refractivity contribution in [2.75, 3.05) is 0 Å². The van der Waals surface area contributed by atoms with E-state index in [9.17, 15) is 8.42 Å². The zero-order valence-corrected chi connectivity index (χ0v) is 9.37. The molecule has 0 N–H and O–H groups in total. The molecular weight excluding hydrogens is 200 g/mol. The highest BCUT2D eigenvalue weighted by Gasteiger charge is 2.18. The smallest absolute Gasteiger partial charge is 0.159 e. The molecule has 1 aromatic rings. The first-order valence-electron chi connectivity index (χ1n) is 4.42. The van der Waals surface area contributed by atoms with E-state index in [1.807, 2.05) is 6.92 Å². The third kappa shape index (κ3) is 2.77. The Morgan fingerprint density at radius 3 is 2.57 bits per heavy atom. The second-order valence-corrected chi connectivity index (χ2v) is 6.03. The predicted octanol–water partition coefficient (Wildman–Crippen LogP) is 1.11. The fraction of sp³-hybridized carbons (Fsp3) is 0.556. The molecule has 0 aliphatic heterocycles. The van der Waals surface area contributed by atoms with Crippen LogP contribution in [0, 0.1) is 6.92 Å². The largest absolute Gasteiger partial charge is 0.240 e. The summed E-state index contributed by atoms with van der Waals surface area (Å²) in [6.07, 6.45) is 1.58. The SMILES string of the molecule is Cc1ccnc(CS(=O)(=O)C(C)C)n1. The van der Waals surface area contributed by atoms with E-state index < -0.39 is 9.84 Å². The molecule has 5 heteroatoms. The number of sulfone groups is 1. The van der Waals surface area contributed by atoms with E-state index in [0.717, 1.165) is 5.69 Å². The van der Waals surface area contributed by atoms with Crippen LogP contribution < -0.4 is 0 Å². The Hall–Kier alpha value is -0.970. The summed E-state index contributed by atoms with van der Waals surface area (Å²) in [5.74, 6) is 0.297. The number of aromatic nitrogens is 2. The third-order valence-corrected chi connectivity index (χ3v) is 3.99. The third-order valence-electron chi connectivity index (χ3n) is 1.89. The second-order valence-electron chi connectivity index (χ2n) is 3.47. The van der Waals surface area contributed by atoms with E-state index in [2.05, 4.69) is 9.97 Å². The van der Waals surface area contributed by atoms with E-state index in [4.69, 9.17) is 0 Å². The molecule has 0 aliphatic rings. The first-order valence-corrected chi connectivity index (χ1v) is 6.13. The van der Waals surface area contributed by atoms with Gasteiger partial charge in [0, 0.05) is 11.9 Å². The van der Waals surface area contributed by atoms with Gasteiger partial charge in [-0.05, 0) is 26.8 Å². The number of hydrogen-bond donors (Lipinski definition) is 0. The van der Waals surface area contributed by atoms with E-state index >= 15 is 0 Å². The van der Waals surface area contributed by atoms with Crippen LogP contribution in [0.2, 0.25) is 0 Å². The van der Waals surface area contributed by atoms with Crippen molar-refractivity contribution in [1.82, 2.24) is 9.97 Å². The van der Waals surface area contributed by atoms with Gasteiger partial charge in [0.05, 0.1) is 5.25 Å². The molecule has 0 aliphatic carbocycles. The lowest BCUT2D eigenvalue weighted by Crippen LogP contribution is -2.17. The van der Waals surface area contributed by atoms with Gasteiger partial charge in [-0.25, -0.2) is 18.4 Å². The Morgan fingerprint density at radius 2 is 2.07 bits per heavy atom. The molecule has 0 spiro atoms. The highest BCUT2D eigenvalue weighted by atomic mass is 32.2. The summed E-state index contributed by atoms with van der Waals surface area (Å²) in [4.78, 5) is 7.97. The summed E-state index contributed by atoms with van der Waals surface area (Å²) in [5, 5.41) is -0.383. The molecule has 0 saturated carbocycles. The first kappa shape index (κ1) is 11.1. The van der Waals surface area contributed by atoms with Crippen LogP contribution in [0.3, 0.4) is 0 Å². The molecule has 1 rings (SSSR count). The van der Waals surface area contributed by atoms with Crippen LogP contribution in [0.4, 0.5) is 0 Å². The molecule has 1 heterocycles. The van der Waals surface area contributed by atoms with Crippen molar-refractivity contribution in [2.45, 2.75) is 31.8 Å². The van der Waals surface area contributed by atoms with Gasteiger partial charge in [0.25, 0.3) is 0 Å². The van der Waals surface area contributed by atoms with E-state index in [1.165, 1.54) is 0 Å². The van der Waals surface area contributed by atoms with Crippen molar-refractivity contribution < 1.29 is 8.42 Å². The standard InChI is InChI=1S/C9H14N2O2S/c1-7(2)14(12,13)6-9-10-5-4-8(3)11-9/h4-5,7H,6H2,1-3H3. The molecule has 0 bridgehead atoms. The lowest BCUT2D eigenvalue weighted by molar-refractivity contribution is 0.585. The minimum atomic E-state index is -3.09. The molecule has 14 heavy (non-hydrogen) atoms. The van der Waals surface area contributed by atoms with Crippen molar-refractivity contribution in [1.29, 1.82) is 0 Å². The average molecular weight is 214 g/mol. The fourth-order valence-corrected chi connectivity index (χ4v) is 1.75. The number of aryl methyl sites for hydroxylation is 1. The van der Waals surface area contributed by atoms with Gasteiger partial charge in [-0.3, -0.25) is 0 Å². The lowest BCUT2D eigenvalue weighted by atomic mass is 10.4. The van der Waals surface area contributed by atoms with Gasteiger partial charge in [0.1, 0.15) is 11.6 Å². The molecule has 0 amide bonds. The van der Waals surface area contributed by atoms with Crippen LogP contribution in [0.15, 0.2) is 12.3 Å². The zero-order valence-electron chi connectivity index (χ0n) is 8.56. The van der Waals surface area contributed by atoms with Gasteiger partial charge < -0.3 is 0 Å². The van der Waals surface area contributed by atoms with E-state index in [1.54, 1.807) is 26.1 Å². The van der Waals surface area contributed by atoms with Crippen LogP contribution in [-0.4, -0.2) is 23.6 Å². The summed E-state index contributed by atoms with van der Waals surface area (Å²) in [5.41, 5.74) is 0.786. The lowest BCUT2D eigenvalue weighted by Gasteiger charge is -2.06. The Morgan fingerprint density at radius 1 is 1.43 bits per heavy atom. The summed E-state index contributed by atoms with van der Waals surface area (Å²) in [6.45, 7) is 5.13. The average Bonchev–Trinajstić information content (AvgIpc) is 2.02. The van der Waals surface area contributed by atoms with Crippen LogP contribution in [0.25, 0.3) is 0 Å². The molecule has 1 aromatic heterocycles. The minimum absolute atomic E-state index is 0.0770. The summed E-state index contributed by atoms with van der Waals surface area (Å²) >= 11 is 0. The second kappa shape index (κ2) is 4.04. The Kier molecular flexibility index (Phi) is 3.21. The van der Waals surface area contributed by atoms with E-state index in [-0.39, 0.29) is 11.0 Å². The highest BCUT2D eigenvalue weighted by Crippen LogP contribution is 2.07. The number of hydrogen-bond acceptors (Lipinski definition) is 4. The fourth-order valence-electron chi connectivity index (χ4n) is 0.917. The normalized spacial score (nSPS) is 12.0. The predicted molar refractivity (Wildman–Crippen MR) is 54.5 cm³/mol. The van der Waals surface area contributed by atoms with Crippen molar-refractivity contribution in [3.05, 3.63) is 23.8 Å². The van der Waals surface area contributed by atoms with Gasteiger partial charge in [-0.1, -0.05) is 0 Å². The van der Waals surface area contributed by atoms with Crippen LogP contribution in [0.1, 0.15) is 25.4 Å². The zero-order chi connectivity index (χ0) is 10.8. The van der Waals surface area contributed by atoms with Crippen LogP contribution >= 0.6 is 0 Å². The molecular formula is C9H14N2O2S. The van der Waals surface area contributed by atoms with Gasteiger partial charge in [-0.15, -0.1) is 0 Å². The Labute approximate surface area is 84.3 Å². The van der Waals surface area contributed by atoms with Gasteiger partial charge in [-0.2, -0.15) is 0 Å². The van der Waals surface area contributed by atoms with Crippen molar-refractivity contribution in [3.63, 3.8) is 0 Å². The summed E-state index contributed by atoms with van der Waals surface area (Å²) < 4.78 is 23.1. The summed E-state index contributed by atoms with van der Waals surface area (Å²) in [7, 11) is -3.09. The molecule has 0 atom stereocenters. The van der Waals surface area contributed by atoms with Crippen molar-refractivity contribution in [2.24, 2.45) is 0 Å². The maximum Gasteiger partial charge on any atom is 0.159 e. The molecule has 78 valence electrons. The minimum Gasteiger partial charge on any atom is -0.240 e. The molecule has 0 saturated heterocycles. The monoisotopic (exact) mass is 214 g/mol. The molecule has 0 radical (unpaired) electrons. The maximum atomic E-state index is 11.5. The number of rotatable bonds is 3. The van der Waals surface area contributed by atoms with Crippen molar-refractivity contribution >= 4 is 9.84 Å². The Balaban J connectivity index is 2.90.